The molecular formula is C21H23ClN4O4. The van der Waals surface area contributed by atoms with E-state index in [4.69, 9.17) is 16.3 Å². The normalized spacial score (nSPS) is 10.9. The van der Waals surface area contributed by atoms with Crippen LogP contribution in [0.2, 0.25) is 5.02 Å². The number of hydrazone groups is 1. The van der Waals surface area contributed by atoms with Crippen molar-refractivity contribution in [3.05, 3.63) is 52.5 Å². The number of aryl methyl sites for hydroxylation is 2. The Balaban J connectivity index is 1.91. The number of ether oxygens (including phenoxy) is 1. The first kappa shape index (κ1) is 22.9. The van der Waals surface area contributed by atoms with Gasteiger partial charge in [-0.25, -0.2) is 5.43 Å². The summed E-state index contributed by atoms with van der Waals surface area (Å²) in [7, 11) is 1.46. The van der Waals surface area contributed by atoms with E-state index in [0.29, 0.717) is 27.9 Å². The first-order chi connectivity index (χ1) is 14.2. The van der Waals surface area contributed by atoms with Crippen LogP contribution < -0.4 is 20.8 Å². The van der Waals surface area contributed by atoms with Crippen molar-refractivity contribution in [2.45, 2.75) is 27.2 Å². The second-order valence-corrected chi connectivity index (χ2v) is 7.07. The number of anilines is 2. The van der Waals surface area contributed by atoms with Crippen molar-refractivity contribution in [3.8, 4) is 5.75 Å². The number of carbonyl (C=O) groups excluding carboxylic acids is 3. The molecule has 0 bridgehead atoms. The van der Waals surface area contributed by atoms with Crippen molar-refractivity contribution in [2.24, 2.45) is 5.10 Å². The highest BCUT2D eigenvalue weighted by molar-refractivity contribution is 6.39. The molecule has 0 saturated carbocycles. The van der Waals surface area contributed by atoms with Crippen molar-refractivity contribution >= 4 is 46.4 Å². The number of halogens is 1. The van der Waals surface area contributed by atoms with Gasteiger partial charge in [0.2, 0.25) is 5.91 Å². The molecular weight excluding hydrogens is 408 g/mol. The maximum atomic E-state index is 12.2. The summed E-state index contributed by atoms with van der Waals surface area (Å²) in [6.45, 7) is 5.24. The number of carbonyl (C=O) groups is 3. The van der Waals surface area contributed by atoms with Crippen LogP contribution in [-0.4, -0.2) is 30.5 Å². The highest BCUT2D eigenvalue weighted by atomic mass is 35.5. The lowest BCUT2D eigenvalue weighted by Gasteiger charge is -2.10. The second-order valence-electron chi connectivity index (χ2n) is 6.63. The first-order valence-corrected chi connectivity index (χ1v) is 9.42. The fraction of sp³-hybridized carbons (Fsp3) is 0.238. The summed E-state index contributed by atoms with van der Waals surface area (Å²) in [5.74, 6) is -1.76. The number of benzene rings is 2. The van der Waals surface area contributed by atoms with Gasteiger partial charge in [-0.1, -0.05) is 17.7 Å². The third kappa shape index (κ3) is 6.59. The maximum Gasteiger partial charge on any atom is 0.329 e. The van der Waals surface area contributed by atoms with Crippen molar-refractivity contribution in [3.63, 3.8) is 0 Å². The molecule has 0 aliphatic carbocycles. The number of nitrogens with one attached hydrogen (secondary N) is 3. The molecule has 0 heterocycles. The summed E-state index contributed by atoms with van der Waals surface area (Å²) in [4.78, 5) is 36.3. The quantitative estimate of drug-likeness (QED) is 0.370. The average molecular weight is 431 g/mol. The molecule has 0 aromatic heterocycles. The SMILES string of the molecule is COc1ccc(C)cc1NC(=O)C(=O)NN=C(C)CC(=O)Nc1ccc(Cl)cc1C. The first-order valence-electron chi connectivity index (χ1n) is 9.04. The lowest BCUT2D eigenvalue weighted by Crippen LogP contribution is -2.33. The summed E-state index contributed by atoms with van der Waals surface area (Å²) in [5.41, 5.74) is 5.18. The Hall–Kier alpha value is -3.39. The Labute approximate surface area is 179 Å². The van der Waals surface area contributed by atoms with Gasteiger partial charge in [-0.3, -0.25) is 14.4 Å². The highest BCUT2D eigenvalue weighted by Crippen LogP contribution is 2.25. The molecule has 3 N–H and O–H groups in total. The minimum atomic E-state index is -0.966. The molecule has 9 heteroatoms. The Morgan fingerprint density at radius 1 is 1.00 bits per heavy atom. The Morgan fingerprint density at radius 3 is 2.40 bits per heavy atom. The van der Waals surface area contributed by atoms with Crippen LogP contribution in [-0.2, 0) is 14.4 Å². The molecule has 8 nitrogen and oxygen atoms in total. The van der Waals surface area contributed by atoms with Gasteiger partial charge in [0.1, 0.15) is 5.75 Å². The topological polar surface area (TPSA) is 109 Å². The third-order valence-corrected chi connectivity index (χ3v) is 4.27. The minimum Gasteiger partial charge on any atom is -0.495 e. The van der Waals surface area contributed by atoms with E-state index in [1.807, 2.05) is 19.9 Å². The molecule has 0 spiro atoms. The molecule has 3 amide bonds. The van der Waals surface area contributed by atoms with E-state index < -0.39 is 11.8 Å². The van der Waals surface area contributed by atoms with E-state index in [0.717, 1.165) is 11.1 Å². The lowest BCUT2D eigenvalue weighted by atomic mass is 10.2. The number of amides is 3. The average Bonchev–Trinajstić information content (AvgIpc) is 2.68. The van der Waals surface area contributed by atoms with Crippen LogP contribution >= 0.6 is 11.6 Å². The van der Waals surface area contributed by atoms with Crippen molar-refractivity contribution < 1.29 is 19.1 Å². The molecule has 0 aliphatic heterocycles. The van der Waals surface area contributed by atoms with Crippen LogP contribution in [0, 0.1) is 13.8 Å². The van der Waals surface area contributed by atoms with Gasteiger partial charge in [0.05, 0.1) is 19.2 Å². The molecule has 0 atom stereocenters. The number of nitrogens with zero attached hydrogens (tertiary/aromatic N) is 1. The third-order valence-electron chi connectivity index (χ3n) is 4.04. The Morgan fingerprint density at radius 2 is 1.73 bits per heavy atom. The van der Waals surface area contributed by atoms with Crippen molar-refractivity contribution in [1.29, 1.82) is 0 Å². The van der Waals surface area contributed by atoms with Gasteiger partial charge in [0, 0.05) is 16.4 Å². The predicted molar refractivity (Wildman–Crippen MR) is 117 cm³/mol. The monoisotopic (exact) mass is 430 g/mol. The van der Waals surface area contributed by atoms with Crippen LogP contribution in [0.4, 0.5) is 11.4 Å². The molecule has 2 rings (SSSR count). The fourth-order valence-electron chi connectivity index (χ4n) is 2.53. The Kier molecular flexibility index (Phi) is 7.94. The summed E-state index contributed by atoms with van der Waals surface area (Å²) in [5, 5.41) is 9.60. The zero-order valence-corrected chi connectivity index (χ0v) is 17.9. The van der Waals surface area contributed by atoms with Crippen LogP contribution in [0.25, 0.3) is 0 Å². The molecule has 158 valence electrons. The van der Waals surface area contributed by atoms with Crippen LogP contribution in [0.5, 0.6) is 5.75 Å². The number of rotatable bonds is 6. The number of hydrogen-bond acceptors (Lipinski definition) is 5. The van der Waals surface area contributed by atoms with Gasteiger partial charge < -0.3 is 15.4 Å². The molecule has 30 heavy (non-hydrogen) atoms. The molecule has 2 aromatic carbocycles. The minimum absolute atomic E-state index is 0.0599. The molecule has 0 fully saturated rings. The molecule has 0 saturated heterocycles. The lowest BCUT2D eigenvalue weighted by molar-refractivity contribution is -0.136. The summed E-state index contributed by atoms with van der Waals surface area (Å²) < 4.78 is 5.16. The van der Waals surface area contributed by atoms with Gasteiger partial charge in [-0.05, 0) is 62.2 Å². The van der Waals surface area contributed by atoms with E-state index >= 15 is 0 Å². The zero-order chi connectivity index (χ0) is 22.3. The smallest absolute Gasteiger partial charge is 0.329 e. The fourth-order valence-corrected chi connectivity index (χ4v) is 2.76. The van der Waals surface area contributed by atoms with E-state index in [-0.39, 0.29) is 12.3 Å². The largest absolute Gasteiger partial charge is 0.495 e. The standard InChI is InChI=1S/C21H23ClN4O4/c1-12-5-8-18(30-4)17(9-12)24-20(28)21(29)26-25-14(3)11-19(27)23-16-7-6-15(22)10-13(16)2/h5-10H,11H2,1-4H3,(H,23,27)(H,24,28)(H,26,29). The van der Waals surface area contributed by atoms with E-state index in [1.54, 1.807) is 37.3 Å². The van der Waals surface area contributed by atoms with Crippen LogP contribution in [0.3, 0.4) is 0 Å². The van der Waals surface area contributed by atoms with Gasteiger partial charge in [-0.15, -0.1) is 0 Å². The van der Waals surface area contributed by atoms with Gasteiger partial charge >= 0.3 is 11.8 Å². The number of hydrogen-bond donors (Lipinski definition) is 3. The summed E-state index contributed by atoms with van der Waals surface area (Å²) in [6, 6.07) is 10.3. The summed E-state index contributed by atoms with van der Waals surface area (Å²) in [6.07, 6.45) is -0.0599. The molecule has 0 unspecified atom stereocenters. The van der Waals surface area contributed by atoms with Gasteiger partial charge in [-0.2, -0.15) is 5.10 Å². The van der Waals surface area contributed by atoms with Gasteiger partial charge in [0.15, 0.2) is 0 Å². The van der Waals surface area contributed by atoms with E-state index in [1.165, 1.54) is 7.11 Å². The van der Waals surface area contributed by atoms with Crippen LogP contribution in [0.15, 0.2) is 41.5 Å². The zero-order valence-electron chi connectivity index (χ0n) is 17.1. The maximum absolute atomic E-state index is 12.2. The highest BCUT2D eigenvalue weighted by Gasteiger charge is 2.16. The molecule has 0 radical (unpaired) electrons. The van der Waals surface area contributed by atoms with Crippen molar-refractivity contribution in [2.75, 3.05) is 17.7 Å². The number of methoxy groups -OCH3 is 1. The van der Waals surface area contributed by atoms with E-state index in [2.05, 4.69) is 21.2 Å². The second kappa shape index (κ2) is 10.4. The Bertz CT molecular complexity index is 1000. The molecule has 2 aromatic rings. The molecule has 0 aliphatic rings. The van der Waals surface area contributed by atoms with Crippen molar-refractivity contribution in [1.82, 2.24) is 5.43 Å². The predicted octanol–water partition coefficient (Wildman–Crippen LogP) is 3.42. The van der Waals surface area contributed by atoms with Crippen LogP contribution in [0.1, 0.15) is 24.5 Å². The van der Waals surface area contributed by atoms with E-state index in [9.17, 15) is 14.4 Å². The van der Waals surface area contributed by atoms with Gasteiger partial charge in [0.25, 0.3) is 0 Å². The summed E-state index contributed by atoms with van der Waals surface area (Å²) >= 11 is 5.90.